The van der Waals surface area contributed by atoms with E-state index in [0.29, 0.717) is 11.5 Å². The summed E-state index contributed by atoms with van der Waals surface area (Å²) in [5.74, 6) is -0.490. The molecule has 0 radical (unpaired) electrons. The Morgan fingerprint density at radius 1 is 1.20 bits per heavy atom. The van der Waals surface area contributed by atoms with Gasteiger partial charge in [-0.15, -0.1) is 0 Å². The second-order valence-corrected chi connectivity index (χ2v) is 6.17. The Hall–Kier alpha value is -4.01. The molecule has 0 atom stereocenters. The van der Waals surface area contributed by atoms with Crippen molar-refractivity contribution in [1.82, 2.24) is 9.97 Å². The summed E-state index contributed by atoms with van der Waals surface area (Å²) < 4.78 is 19.0. The number of nitro benzene ring substituents is 1. The molecule has 0 unspecified atom stereocenters. The van der Waals surface area contributed by atoms with Gasteiger partial charge in [-0.25, -0.2) is 9.97 Å². The standard InChI is InChI=1S/C21H20FN5O3/c1-4-13(14-7-5-6-8-16(14)23-2)17-11-21(25-12-24-17)26-18-10-19(27(28)29)15(22)9-20(18)30-3/h4-12,23H,1-3H3,(H,24,25,26)/b13-4+. The van der Waals surface area contributed by atoms with Gasteiger partial charge >= 0.3 is 5.69 Å². The Morgan fingerprint density at radius 3 is 2.63 bits per heavy atom. The number of nitro groups is 1. The van der Waals surface area contributed by atoms with Crippen LogP contribution in [-0.4, -0.2) is 29.0 Å². The predicted octanol–water partition coefficient (Wildman–Crippen LogP) is 4.77. The molecule has 2 aromatic carbocycles. The van der Waals surface area contributed by atoms with Crippen molar-refractivity contribution in [3.63, 3.8) is 0 Å². The molecule has 3 rings (SSSR count). The average Bonchev–Trinajstić information content (AvgIpc) is 2.75. The lowest BCUT2D eigenvalue weighted by molar-refractivity contribution is -0.387. The summed E-state index contributed by atoms with van der Waals surface area (Å²) in [4.78, 5) is 18.8. The van der Waals surface area contributed by atoms with Crippen molar-refractivity contribution < 1.29 is 14.1 Å². The molecule has 0 amide bonds. The normalized spacial score (nSPS) is 11.1. The molecular formula is C21H20FN5O3. The minimum atomic E-state index is -0.981. The number of para-hydroxylation sites is 1. The van der Waals surface area contributed by atoms with Gasteiger partial charge < -0.3 is 15.4 Å². The van der Waals surface area contributed by atoms with Gasteiger partial charge in [0.1, 0.15) is 17.9 Å². The van der Waals surface area contributed by atoms with Crippen molar-refractivity contribution in [2.75, 3.05) is 24.8 Å². The first-order valence-corrected chi connectivity index (χ1v) is 9.03. The number of nitrogens with zero attached hydrogens (tertiary/aromatic N) is 3. The van der Waals surface area contributed by atoms with E-state index in [2.05, 4.69) is 20.6 Å². The lowest BCUT2D eigenvalue weighted by Crippen LogP contribution is -2.02. The van der Waals surface area contributed by atoms with Gasteiger partial charge in [0.2, 0.25) is 5.82 Å². The third-order valence-electron chi connectivity index (χ3n) is 4.45. The molecule has 0 spiro atoms. The maximum atomic E-state index is 13.9. The molecule has 0 saturated carbocycles. The van der Waals surface area contributed by atoms with Crippen LogP contribution in [0.4, 0.5) is 27.3 Å². The Bertz CT molecular complexity index is 1120. The SMILES string of the molecule is C/C=C(/c1cc(Nc2cc([N+](=O)[O-])c(F)cc2OC)ncn1)c1ccccc1NC. The largest absolute Gasteiger partial charge is 0.494 e. The number of hydrogen-bond acceptors (Lipinski definition) is 7. The third kappa shape index (κ3) is 4.19. The van der Waals surface area contributed by atoms with E-state index >= 15 is 0 Å². The van der Waals surface area contributed by atoms with Crippen LogP contribution in [0.15, 0.2) is 54.9 Å². The number of rotatable bonds is 7. The Balaban J connectivity index is 2.00. The van der Waals surface area contributed by atoms with E-state index in [0.717, 1.165) is 29.0 Å². The summed E-state index contributed by atoms with van der Waals surface area (Å²) >= 11 is 0. The van der Waals surface area contributed by atoms with Crippen LogP contribution in [-0.2, 0) is 0 Å². The van der Waals surface area contributed by atoms with Gasteiger partial charge in [0.15, 0.2) is 0 Å². The number of aromatic nitrogens is 2. The van der Waals surface area contributed by atoms with E-state index in [1.807, 2.05) is 44.3 Å². The van der Waals surface area contributed by atoms with Crippen LogP contribution in [0.2, 0.25) is 0 Å². The summed E-state index contributed by atoms with van der Waals surface area (Å²) in [6.07, 6.45) is 3.32. The van der Waals surface area contributed by atoms with Crippen molar-refractivity contribution in [2.24, 2.45) is 0 Å². The topological polar surface area (TPSA) is 102 Å². The minimum absolute atomic E-state index is 0.116. The Labute approximate surface area is 172 Å². The molecule has 1 heterocycles. The van der Waals surface area contributed by atoms with Crippen molar-refractivity contribution in [1.29, 1.82) is 0 Å². The highest BCUT2D eigenvalue weighted by molar-refractivity contribution is 5.85. The van der Waals surface area contributed by atoms with Gasteiger partial charge in [0.05, 0.1) is 23.4 Å². The summed E-state index contributed by atoms with van der Waals surface area (Å²) in [6.45, 7) is 1.91. The first-order chi connectivity index (χ1) is 14.5. The first-order valence-electron chi connectivity index (χ1n) is 9.03. The third-order valence-corrected chi connectivity index (χ3v) is 4.45. The quantitative estimate of drug-likeness (QED) is 0.428. The highest BCUT2D eigenvalue weighted by Gasteiger charge is 2.19. The lowest BCUT2D eigenvalue weighted by atomic mass is 10.00. The maximum Gasteiger partial charge on any atom is 0.307 e. The van der Waals surface area contributed by atoms with Crippen molar-refractivity contribution in [3.05, 3.63) is 82.1 Å². The zero-order valence-corrected chi connectivity index (χ0v) is 16.6. The molecule has 1 aromatic heterocycles. The number of nitrogens with one attached hydrogen (secondary N) is 2. The van der Waals surface area contributed by atoms with Gasteiger partial charge in [0, 0.05) is 42.1 Å². The second kappa shape index (κ2) is 8.99. The summed E-state index contributed by atoms with van der Waals surface area (Å²) in [6, 6.07) is 11.5. The van der Waals surface area contributed by atoms with Gasteiger partial charge in [-0.3, -0.25) is 10.1 Å². The molecule has 0 fully saturated rings. The summed E-state index contributed by atoms with van der Waals surface area (Å²) in [5, 5.41) is 17.2. The van der Waals surface area contributed by atoms with Crippen LogP contribution < -0.4 is 15.4 Å². The van der Waals surface area contributed by atoms with Gasteiger partial charge in [0.25, 0.3) is 0 Å². The minimum Gasteiger partial charge on any atom is -0.494 e. The van der Waals surface area contributed by atoms with Crippen LogP contribution in [0.5, 0.6) is 5.75 Å². The van der Waals surface area contributed by atoms with Crippen LogP contribution in [0.25, 0.3) is 5.57 Å². The zero-order chi connectivity index (χ0) is 21.7. The smallest absolute Gasteiger partial charge is 0.307 e. The van der Waals surface area contributed by atoms with E-state index < -0.39 is 16.4 Å². The molecule has 8 nitrogen and oxygen atoms in total. The average molecular weight is 409 g/mol. The number of allylic oxidation sites excluding steroid dienone is 1. The fraction of sp³-hybridized carbons (Fsp3) is 0.143. The number of anilines is 3. The molecule has 0 aliphatic rings. The molecule has 0 saturated heterocycles. The maximum absolute atomic E-state index is 13.9. The van der Waals surface area contributed by atoms with Crippen LogP contribution >= 0.6 is 0 Å². The van der Waals surface area contributed by atoms with E-state index in [9.17, 15) is 14.5 Å². The Kier molecular flexibility index (Phi) is 6.21. The highest BCUT2D eigenvalue weighted by atomic mass is 19.1. The van der Waals surface area contributed by atoms with Crippen LogP contribution in [0.3, 0.4) is 0 Å². The molecule has 2 N–H and O–H groups in total. The molecule has 0 bridgehead atoms. The summed E-state index contributed by atoms with van der Waals surface area (Å²) in [5.41, 5.74) is 2.98. The molecule has 154 valence electrons. The lowest BCUT2D eigenvalue weighted by Gasteiger charge is -2.14. The van der Waals surface area contributed by atoms with E-state index in [1.54, 1.807) is 6.07 Å². The molecular weight excluding hydrogens is 389 g/mol. The second-order valence-electron chi connectivity index (χ2n) is 6.17. The van der Waals surface area contributed by atoms with E-state index in [-0.39, 0.29) is 11.4 Å². The molecule has 0 aliphatic heterocycles. The molecule has 3 aromatic rings. The van der Waals surface area contributed by atoms with Crippen molar-refractivity contribution in [2.45, 2.75) is 6.92 Å². The fourth-order valence-electron chi connectivity index (χ4n) is 3.04. The van der Waals surface area contributed by atoms with E-state index in [1.165, 1.54) is 13.4 Å². The number of hydrogen-bond donors (Lipinski definition) is 2. The van der Waals surface area contributed by atoms with Crippen molar-refractivity contribution >= 4 is 28.5 Å². The Morgan fingerprint density at radius 2 is 1.97 bits per heavy atom. The number of methoxy groups -OCH3 is 1. The number of ether oxygens (including phenoxy) is 1. The van der Waals surface area contributed by atoms with Crippen molar-refractivity contribution in [3.8, 4) is 5.75 Å². The van der Waals surface area contributed by atoms with E-state index in [4.69, 9.17) is 4.74 Å². The molecule has 9 heteroatoms. The number of halogens is 1. The first kappa shape index (κ1) is 20.7. The predicted molar refractivity (Wildman–Crippen MR) is 114 cm³/mol. The van der Waals surface area contributed by atoms with Gasteiger partial charge in [-0.1, -0.05) is 24.3 Å². The van der Waals surface area contributed by atoms with Gasteiger partial charge in [-0.05, 0) is 13.0 Å². The molecule has 30 heavy (non-hydrogen) atoms. The van der Waals surface area contributed by atoms with Crippen LogP contribution in [0, 0.1) is 15.9 Å². The highest BCUT2D eigenvalue weighted by Crippen LogP contribution is 2.34. The summed E-state index contributed by atoms with van der Waals surface area (Å²) in [7, 11) is 3.19. The van der Waals surface area contributed by atoms with Crippen LogP contribution in [0.1, 0.15) is 18.2 Å². The monoisotopic (exact) mass is 409 g/mol. The fourth-order valence-corrected chi connectivity index (χ4v) is 3.04. The number of benzene rings is 2. The zero-order valence-electron chi connectivity index (χ0n) is 16.6. The van der Waals surface area contributed by atoms with Gasteiger partial charge in [-0.2, -0.15) is 4.39 Å². The molecule has 0 aliphatic carbocycles.